The van der Waals surface area contributed by atoms with Crippen LogP contribution in [0.2, 0.25) is 0 Å². The molecule has 0 aliphatic rings. The number of carbonyl (C=O) groups is 3. The minimum absolute atomic E-state index is 0.204. The van der Waals surface area contributed by atoms with E-state index in [1.807, 2.05) is 108 Å². The summed E-state index contributed by atoms with van der Waals surface area (Å²) in [4.78, 5) is 46.8. The van der Waals surface area contributed by atoms with Crippen molar-refractivity contribution in [3.63, 3.8) is 0 Å². The number of amides is 4. The van der Waals surface area contributed by atoms with Crippen molar-refractivity contribution in [1.29, 1.82) is 0 Å². The molecule has 0 saturated carbocycles. The highest BCUT2D eigenvalue weighted by Gasteiger charge is 2.34. The Balaban J connectivity index is 1.60. The van der Waals surface area contributed by atoms with Crippen LogP contribution in [0.15, 0.2) is 91.3 Å². The summed E-state index contributed by atoms with van der Waals surface area (Å²) in [6.45, 7) is 12.7. The summed E-state index contributed by atoms with van der Waals surface area (Å²) >= 11 is 0. The van der Waals surface area contributed by atoms with Crippen molar-refractivity contribution in [3.8, 4) is 5.75 Å². The van der Waals surface area contributed by atoms with E-state index >= 15 is 0 Å². The van der Waals surface area contributed by atoms with Crippen LogP contribution in [-0.4, -0.2) is 83.5 Å². The molecular formula is C41H54N6O6. The topological polar surface area (TPSA) is 134 Å². The first kappa shape index (κ1) is 40.7. The SMILES string of the molecule is CCOC(OCC)C(C)N(Cc1cccc2ccccc12)C(=O)C(Cc1ccc(OC(C)(C)C)cc1)NC(=O)CN(C)NC(=O)NCc1ccncc1. The van der Waals surface area contributed by atoms with Gasteiger partial charge in [-0.2, -0.15) is 0 Å². The molecule has 4 rings (SSSR count). The van der Waals surface area contributed by atoms with Gasteiger partial charge in [0, 0.05) is 52.2 Å². The first-order chi connectivity index (χ1) is 25.4. The highest BCUT2D eigenvalue weighted by molar-refractivity contribution is 5.90. The first-order valence-electron chi connectivity index (χ1n) is 18.1. The quantitative estimate of drug-likeness (QED) is 0.0892. The van der Waals surface area contributed by atoms with Crippen LogP contribution >= 0.6 is 0 Å². The van der Waals surface area contributed by atoms with Crippen molar-refractivity contribution < 1.29 is 28.6 Å². The zero-order valence-electron chi connectivity index (χ0n) is 31.9. The van der Waals surface area contributed by atoms with E-state index in [1.165, 1.54) is 5.01 Å². The standard InChI is InChI=1S/C41H54N6O6/c1-8-51-39(52-9-2)29(3)47(27-33-15-12-14-32-13-10-11-16-35(32)33)38(49)36(25-30-17-19-34(20-18-30)53-41(4,5)6)44-37(48)28-46(7)45-40(50)43-26-31-21-23-42-24-22-31/h10-24,29,36,39H,8-9,25-28H2,1-7H3,(H,44,48)(H2,43,45,50). The molecule has 0 aliphatic carbocycles. The normalized spacial score (nSPS) is 12.7. The average Bonchev–Trinajstić information content (AvgIpc) is 3.12. The highest BCUT2D eigenvalue weighted by Crippen LogP contribution is 2.24. The molecule has 12 nitrogen and oxygen atoms in total. The second-order valence-electron chi connectivity index (χ2n) is 13.8. The number of likely N-dealkylation sites (N-methyl/N-ethyl adjacent to an activating group) is 1. The molecule has 2 unspecified atom stereocenters. The predicted molar refractivity (Wildman–Crippen MR) is 206 cm³/mol. The second kappa shape index (κ2) is 19.7. The van der Waals surface area contributed by atoms with Crippen LogP contribution in [0.3, 0.4) is 0 Å². The molecule has 0 aliphatic heterocycles. The summed E-state index contributed by atoms with van der Waals surface area (Å²) in [6.07, 6.45) is 2.80. The summed E-state index contributed by atoms with van der Waals surface area (Å²) in [5.41, 5.74) is 4.94. The Hall–Kier alpha value is -5.04. The third kappa shape index (κ3) is 12.8. The van der Waals surface area contributed by atoms with Crippen molar-refractivity contribution in [2.75, 3.05) is 26.8 Å². The van der Waals surface area contributed by atoms with E-state index in [-0.39, 0.29) is 31.0 Å². The van der Waals surface area contributed by atoms with Crippen LogP contribution in [0.25, 0.3) is 10.8 Å². The molecule has 0 radical (unpaired) electrons. The maximum Gasteiger partial charge on any atom is 0.329 e. The highest BCUT2D eigenvalue weighted by atomic mass is 16.7. The maximum atomic E-state index is 14.9. The molecule has 0 bridgehead atoms. The third-order valence-corrected chi connectivity index (χ3v) is 8.35. The van der Waals surface area contributed by atoms with Gasteiger partial charge in [-0.05, 0) is 93.3 Å². The third-order valence-electron chi connectivity index (χ3n) is 8.35. The number of urea groups is 1. The number of hydrogen-bond donors (Lipinski definition) is 3. The monoisotopic (exact) mass is 726 g/mol. The fraction of sp³-hybridized carbons (Fsp3) is 0.415. The van der Waals surface area contributed by atoms with Crippen LogP contribution in [0, 0.1) is 0 Å². The molecule has 0 spiro atoms. The minimum Gasteiger partial charge on any atom is -0.488 e. The van der Waals surface area contributed by atoms with E-state index in [2.05, 4.69) is 21.0 Å². The van der Waals surface area contributed by atoms with Gasteiger partial charge in [-0.25, -0.2) is 9.80 Å². The Morgan fingerprint density at radius 3 is 2.17 bits per heavy atom. The molecule has 2 atom stereocenters. The Morgan fingerprint density at radius 1 is 0.849 bits per heavy atom. The van der Waals surface area contributed by atoms with E-state index in [1.54, 1.807) is 36.5 Å². The number of carbonyl (C=O) groups excluding carboxylic acids is 3. The van der Waals surface area contributed by atoms with Gasteiger partial charge >= 0.3 is 6.03 Å². The van der Waals surface area contributed by atoms with E-state index < -0.39 is 30.3 Å². The Bertz CT molecular complexity index is 1750. The molecule has 4 aromatic rings. The lowest BCUT2D eigenvalue weighted by Crippen LogP contribution is -2.56. The van der Waals surface area contributed by atoms with Crippen molar-refractivity contribution in [3.05, 3.63) is 108 Å². The fourth-order valence-electron chi connectivity index (χ4n) is 5.91. The molecule has 3 N–H and O–H groups in total. The van der Waals surface area contributed by atoms with Crippen molar-refractivity contribution >= 4 is 28.6 Å². The van der Waals surface area contributed by atoms with Crippen LogP contribution in [-0.2, 0) is 38.6 Å². The summed E-state index contributed by atoms with van der Waals surface area (Å²) in [5.74, 6) is -0.0497. The molecule has 1 heterocycles. The summed E-state index contributed by atoms with van der Waals surface area (Å²) in [5, 5.41) is 9.19. The van der Waals surface area contributed by atoms with Crippen LogP contribution in [0.1, 0.15) is 58.2 Å². The number of nitrogens with one attached hydrogen (secondary N) is 3. The largest absolute Gasteiger partial charge is 0.488 e. The Kier molecular flexibility index (Phi) is 15.1. The van der Waals surface area contributed by atoms with Gasteiger partial charge in [-0.15, -0.1) is 0 Å². The van der Waals surface area contributed by atoms with Crippen LogP contribution in [0.4, 0.5) is 4.79 Å². The number of nitrogens with zero attached hydrogens (tertiary/aromatic N) is 3. The lowest BCUT2D eigenvalue weighted by molar-refractivity contribution is -0.179. The first-order valence-corrected chi connectivity index (χ1v) is 18.1. The second-order valence-corrected chi connectivity index (χ2v) is 13.8. The molecule has 0 saturated heterocycles. The summed E-state index contributed by atoms with van der Waals surface area (Å²) in [6, 6.07) is 23.2. The molecule has 284 valence electrons. The van der Waals surface area contributed by atoms with Gasteiger partial charge < -0.3 is 29.7 Å². The smallest absolute Gasteiger partial charge is 0.329 e. The number of rotatable bonds is 18. The van der Waals surface area contributed by atoms with Crippen molar-refractivity contribution in [2.45, 2.75) is 85.0 Å². The Labute approximate surface area is 313 Å². The minimum atomic E-state index is -0.966. The number of aromatic nitrogens is 1. The predicted octanol–water partition coefficient (Wildman–Crippen LogP) is 5.60. The lowest BCUT2D eigenvalue weighted by Gasteiger charge is -2.37. The molecule has 4 amide bonds. The number of ether oxygens (including phenoxy) is 3. The average molecular weight is 727 g/mol. The number of fused-ring (bicyclic) bond motifs is 1. The molecule has 12 heteroatoms. The maximum absolute atomic E-state index is 14.9. The van der Waals surface area contributed by atoms with Gasteiger partial charge in [0.05, 0.1) is 12.6 Å². The van der Waals surface area contributed by atoms with Gasteiger partial charge in [0.25, 0.3) is 0 Å². The van der Waals surface area contributed by atoms with Crippen LogP contribution in [0.5, 0.6) is 5.75 Å². The summed E-state index contributed by atoms with van der Waals surface area (Å²) in [7, 11) is 1.58. The molecule has 1 aromatic heterocycles. The number of hydrazine groups is 1. The molecule has 0 fully saturated rings. The summed E-state index contributed by atoms with van der Waals surface area (Å²) < 4.78 is 18.0. The van der Waals surface area contributed by atoms with E-state index in [0.717, 1.165) is 27.5 Å². The van der Waals surface area contributed by atoms with E-state index in [4.69, 9.17) is 14.2 Å². The fourth-order valence-corrected chi connectivity index (χ4v) is 5.91. The lowest BCUT2D eigenvalue weighted by atomic mass is 10.0. The van der Waals surface area contributed by atoms with Gasteiger partial charge in [-0.1, -0.05) is 54.6 Å². The Morgan fingerprint density at radius 2 is 1.51 bits per heavy atom. The van der Waals surface area contributed by atoms with Crippen molar-refractivity contribution in [1.82, 2.24) is 31.0 Å². The number of pyridine rings is 1. The van der Waals surface area contributed by atoms with Gasteiger partial charge in [-0.3, -0.25) is 20.0 Å². The van der Waals surface area contributed by atoms with Gasteiger partial charge in [0.15, 0.2) is 6.29 Å². The zero-order valence-corrected chi connectivity index (χ0v) is 31.9. The van der Waals surface area contributed by atoms with E-state index in [9.17, 15) is 14.4 Å². The number of hydrogen-bond acceptors (Lipinski definition) is 8. The van der Waals surface area contributed by atoms with Crippen LogP contribution < -0.4 is 20.8 Å². The molecular weight excluding hydrogens is 672 g/mol. The number of benzene rings is 3. The van der Waals surface area contributed by atoms with Gasteiger partial charge in [0.2, 0.25) is 11.8 Å². The van der Waals surface area contributed by atoms with Crippen molar-refractivity contribution in [2.24, 2.45) is 0 Å². The zero-order chi connectivity index (χ0) is 38.4. The van der Waals surface area contributed by atoms with E-state index in [0.29, 0.717) is 25.5 Å². The molecule has 3 aromatic carbocycles. The van der Waals surface area contributed by atoms with Gasteiger partial charge in [0.1, 0.15) is 17.4 Å². The molecule has 53 heavy (non-hydrogen) atoms.